The number of fused-ring (bicyclic) bond motifs is 4. The summed E-state index contributed by atoms with van der Waals surface area (Å²) in [4.78, 5) is 2.48. The molecule has 11 rings (SSSR count). The summed E-state index contributed by atoms with van der Waals surface area (Å²) in [5.41, 5.74) is 16.1. The third-order valence-electron chi connectivity index (χ3n) is 11.8. The Kier molecular flexibility index (Phi) is 8.87. The molecule has 2 nitrogen and oxygen atoms in total. The highest BCUT2D eigenvalue weighted by Crippen LogP contribution is 2.50. The second-order valence-corrected chi connectivity index (χ2v) is 15.2. The van der Waals surface area contributed by atoms with Gasteiger partial charge in [0.15, 0.2) is 0 Å². The first-order valence-electron chi connectivity index (χ1n) is 20.6. The van der Waals surface area contributed by atoms with E-state index >= 15 is 0 Å². The quantitative estimate of drug-likeness (QED) is 0.150. The van der Waals surface area contributed by atoms with Crippen LogP contribution in [0.15, 0.2) is 243 Å². The molecule has 0 bridgehead atoms. The molecule has 0 aliphatic heterocycles. The summed E-state index contributed by atoms with van der Waals surface area (Å²) in [6.07, 6.45) is 0. The van der Waals surface area contributed by atoms with E-state index in [9.17, 15) is 0 Å². The number of benzene rings is 10. The van der Waals surface area contributed by atoms with Crippen molar-refractivity contribution in [3.63, 3.8) is 0 Å². The van der Waals surface area contributed by atoms with Crippen molar-refractivity contribution in [1.82, 2.24) is 4.57 Å². The van der Waals surface area contributed by atoms with E-state index in [4.69, 9.17) is 0 Å². The maximum Gasteiger partial charge on any atom is 0.0702 e. The van der Waals surface area contributed by atoms with E-state index in [1.54, 1.807) is 0 Å². The van der Waals surface area contributed by atoms with Gasteiger partial charge < -0.3 is 9.47 Å². The van der Waals surface area contributed by atoms with Gasteiger partial charge in [-0.3, -0.25) is 0 Å². The topological polar surface area (TPSA) is 8.17 Å². The Bertz CT molecular complexity index is 3250. The van der Waals surface area contributed by atoms with Gasteiger partial charge in [-0.1, -0.05) is 200 Å². The van der Waals surface area contributed by atoms with Crippen molar-refractivity contribution in [1.29, 1.82) is 0 Å². The molecular formula is C58H40N2. The summed E-state index contributed by atoms with van der Waals surface area (Å²) in [7, 11) is 0. The summed E-state index contributed by atoms with van der Waals surface area (Å²) in [6.45, 7) is 0. The average Bonchev–Trinajstić information content (AvgIpc) is 3.66. The number of nitrogens with zero attached hydrogens (tertiary/aromatic N) is 2. The lowest BCUT2D eigenvalue weighted by Gasteiger charge is -2.32. The van der Waals surface area contributed by atoms with Gasteiger partial charge in [0.2, 0.25) is 0 Å². The van der Waals surface area contributed by atoms with Crippen molar-refractivity contribution in [2.24, 2.45) is 0 Å². The van der Waals surface area contributed by atoms with E-state index in [0.29, 0.717) is 0 Å². The van der Waals surface area contributed by atoms with E-state index in [-0.39, 0.29) is 0 Å². The molecule has 11 aromatic rings. The van der Waals surface area contributed by atoms with Crippen LogP contribution in [0.3, 0.4) is 0 Å². The van der Waals surface area contributed by atoms with Gasteiger partial charge in [-0.2, -0.15) is 0 Å². The van der Waals surface area contributed by atoms with Crippen LogP contribution >= 0.6 is 0 Å². The molecule has 0 N–H and O–H groups in total. The monoisotopic (exact) mass is 764 g/mol. The summed E-state index contributed by atoms with van der Waals surface area (Å²) < 4.78 is 2.44. The second-order valence-electron chi connectivity index (χ2n) is 15.2. The van der Waals surface area contributed by atoms with Gasteiger partial charge in [-0.25, -0.2) is 0 Å². The van der Waals surface area contributed by atoms with Gasteiger partial charge in [0, 0.05) is 22.0 Å². The van der Waals surface area contributed by atoms with E-state index in [0.717, 1.165) is 22.7 Å². The molecule has 0 radical (unpaired) electrons. The van der Waals surface area contributed by atoms with Crippen molar-refractivity contribution in [3.8, 4) is 50.2 Å². The molecule has 60 heavy (non-hydrogen) atoms. The molecule has 0 unspecified atom stereocenters. The molecule has 0 atom stereocenters. The molecule has 0 aliphatic rings. The molecular weight excluding hydrogens is 725 g/mol. The maximum atomic E-state index is 2.48. The number of para-hydroxylation sites is 4. The molecule has 0 saturated heterocycles. The highest BCUT2D eigenvalue weighted by Gasteiger charge is 2.25. The SMILES string of the molecule is c1ccc(-c2ccccc2-c2c(-c3ccccc3)cccc2N(c2ccc(-c3cccc4ccccc34)cc2)c2ccccc2-n2c3ccccc3c3ccccc32)cc1. The lowest BCUT2D eigenvalue weighted by Crippen LogP contribution is -2.14. The van der Waals surface area contributed by atoms with Gasteiger partial charge in [-0.15, -0.1) is 0 Å². The van der Waals surface area contributed by atoms with Crippen LogP contribution in [0, 0.1) is 0 Å². The molecule has 2 heteroatoms. The molecule has 0 amide bonds. The maximum absolute atomic E-state index is 2.48. The zero-order chi connectivity index (χ0) is 39.8. The third-order valence-corrected chi connectivity index (χ3v) is 11.8. The normalized spacial score (nSPS) is 11.3. The molecule has 282 valence electrons. The summed E-state index contributed by atoms with van der Waals surface area (Å²) in [5, 5.41) is 4.95. The minimum atomic E-state index is 1.07. The molecule has 0 fully saturated rings. The van der Waals surface area contributed by atoms with Crippen molar-refractivity contribution in [2.45, 2.75) is 0 Å². The number of rotatable bonds is 8. The number of anilines is 3. The Hall–Kier alpha value is -7.94. The minimum Gasteiger partial charge on any atom is -0.308 e. The van der Waals surface area contributed by atoms with Crippen molar-refractivity contribution in [2.75, 3.05) is 4.90 Å². The standard InChI is InChI=1S/C58H40N2/c1-3-19-41(20-4-1)48-26-9-10-29-52(48)58-49(43-21-5-2-6-22-43)31-18-36-57(58)59(45-39-37-44(38-40-45)47-30-17-24-42-23-7-8-25-46(42)47)55-34-15-16-35-56(55)60-53-32-13-11-27-50(53)51-28-12-14-33-54(51)60/h1-40H. The van der Waals surface area contributed by atoms with Crippen LogP contribution in [0.4, 0.5) is 17.1 Å². The lowest BCUT2D eigenvalue weighted by molar-refractivity contribution is 1.15. The fourth-order valence-electron chi connectivity index (χ4n) is 9.14. The van der Waals surface area contributed by atoms with Crippen LogP contribution in [0.25, 0.3) is 82.8 Å². The summed E-state index contributed by atoms with van der Waals surface area (Å²) in [5.74, 6) is 0. The van der Waals surface area contributed by atoms with Crippen molar-refractivity contribution in [3.05, 3.63) is 243 Å². The Labute approximate surface area is 350 Å². The average molecular weight is 765 g/mol. The van der Waals surface area contributed by atoms with Gasteiger partial charge in [0.25, 0.3) is 0 Å². The molecule has 0 saturated carbocycles. The fraction of sp³-hybridized carbons (Fsp3) is 0. The zero-order valence-corrected chi connectivity index (χ0v) is 33.0. The highest BCUT2D eigenvalue weighted by atomic mass is 15.2. The fourth-order valence-corrected chi connectivity index (χ4v) is 9.14. The molecule has 1 aromatic heterocycles. The van der Waals surface area contributed by atoms with Crippen molar-refractivity contribution < 1.29 is 0 Å². The van der Waals surface area contributed by atoms with Crippen molar-refractivity contribution >= 4 is 49.6 Å². The first-order chi connectivity index (χ1) is 29.8. The Morgan fingerprint density at radius 2 is 0.750 bits per heavy atom. The third kappa shape index (κ3) is 6.06. The Balaban J connectivity index is 1.22. The molecule has 1 heterocycles. The highest BCUT2D eigenvalue weighted by molar-refractivity contribution is 6.10. The number of aromatic nitrogens is 1. The first kappa shape index (κ1) is 35.2. The van der Waals surface area contributed by atoms with Crippen LogP contribution in [0.5, 0.6) is 0 Å². The smallest absolute Gasteiger partial charge is 0.0702 e. The van der Waals surface area contributed by atoms with Crippen LogP contribution in [0.2, 0.25) is 0 Å². The van der Waals surface area contributed by atoms with Crippen LogP contribution < -0.4 is 4.90 Å². The van der Waals surface area contributed by atoms with E-state index in [1.807, 2.05) is 0 Å². The largest absolute Gasteiger partial charge is 0.308 e. The summed E-state index contributed by atoms with van der Waals surface area (Å²) >= 11 is 0. The molecule has 10 aromatic carbocycles. The van der Waals surface area contributed by atoms with Gasteiger partial charge in [0.05, 0.1) is 28.1 Å². The number of hydrogen-bond acceptors (Lipinski definition) is 1. The Morgan fingerprint density at radius 1 is 0.283 bits per heavy atom. The van der Waals surface area contributed by atoms with Gasteiger partial charge in [-0.05, 0) is 92.2 Å². The minimum absolute atomic E-state index is 1.07. The molecule has 0 aliphatic carbocycles. The molecule has 0 spiro atoms. The van der Waals surface area contributed by atoms with Gasteiger partial charge in [0.1, 0.15) is 0 Å². The Morgan fingerprint density at radius 3 is 1.47 bits per heavy atom. The van der Waals surface area contributed by atoms with E-state index in [1.165, 1.54) is 77.1 Å². The van der Waals surface area contributed by atoms with E-state index in [2.05, 4.69) is 252 Å². The first-order valence-corrected chi connectivity index (χ1v) is 20.6. The summed E-state index contributed by atoms with van der Waals surface area (Å²) in [6, 6.07) is 88.0. The van der Waals surface area contributed by atoms with E-state index < -0.39 is 0 Å². The zero-order valence-electron chi connectivity index (χ0n) is 33.0. The van der Waals surface area contributed by atoms with Crippen LogP contribution in [0.1, 0.15) is 0 Å². The number of hydrogen-bond donors (Lipinski definition) is 0. The van der Waals surface area contributed by atoms with Crippen LogP contribution in [-0.4, -0.2) is 4.57 Å². The lowest BCUT2D eigenvalue weighted by atomic mass is 9.87. The predicted molar refractivity (Wildman–Crippen MR) is 255 cm³/mol. The predicted octanol–water partition coefficient (Wildman–Crippen LogP) is 16.1. The second kappa shape index (κ2) is 15.1. The van der Waals surface area contributed by atoms with Gasteiger partial charge >= 0.3 is 0 Å². The van der Waals surface area contributed by atoms with Crippen LogP contribution in [-0.2, 0) is 0 Å².